The molecule has 0 atom stereocenters. The van der Waals surface area contributed by atoms with Gasteiger partial charge in [0.1, 0.15) is 6.33 Å². The Kier molecular flexibility index (Phi) is 1.04. The van der Waals surface area contributed by atoms with Gasteiger partial charge < -0.3 is 5.21 Å². The van der Waals surface area contributed by atoms with E-state index in [1.807, 2.05) is 0 Å². The number of aromatic nitrogens is 2. The summed E-state index contributed by atoms with van der Waals surface area (Å²) in [6, 6.07) is 0. The highest BCUT2D eigenvalue weighted by atomic mass is 16.5. The molecule has 3 heteroatoms. The monoisotopic (exact) mass is 110 g/mol. The number of imidazole rings is 1. The van der Waals surface area contributed by atoms with Crippen LogP contribution in [0.25, 0.3) is 6.08 Å². The second kappa shape index (κ2) is 1.69. The maximum atomic E-state index is 8.73. The number of hydrogen-bond donors (Lipinski definition) is 1. The zero-order valence-corrected chi connectivity index (χ0v) is 4.28. The molecule has 0 spiro atoms. The maximum absolute atomic E-state index is 8.73. The molecule has 0 aromatic carbocycles. The number of nitrogens with zero attached hydrogens (tertiary/aromatic N) is 2. The molecule has 0 unspecified atom stereocenters. The fraction of sp³-hybridized carbons (Fsp3) is 0. The van der Waals surface area contributed by atoms with Gasteiger partial charge in [-0.25, -0.2) is 4.98 Å². The SMILES string of the molecule is C=Cc1cncn1O. The van der Waals surface area contributed by atoms with Crippen LogP contribution in [0, 0.1) is 0 Å². The van der Waals surface area contributed by atoms with Crippen LogP contribution in [0.1, 0.15) is 5.69 Å². The topological polar surface area (TPSA) is 38.0 Å². The summed E-state index contributed by atoms with van der Waals surface area (Å²) in [6.45, 7) is 3.44. The maximum Gasteiger partial charge on any atom is 0.132 e. The van der Waals surface area contributed by atoms with Crippen molar-refractivity contribution in [3.05, 3.63) is 24.8 Å². The third-order valence-electron chi connectivity index (χ3n) is 0.857. The minimum absolute atomic E-state index is 0.602. The average Bonchev–Trinajstić information content (AvgIpc) is 2.14. The highest BCUT2D eigenvalue weighted by Gasteiger charge is 1.89. The molecule has 1 heterocycles. The molecule has 0 amide bonds. The molecule has 1 rings (SSSR count). The van der Waals surface area contributed by atoms with Crippen LogP contribution in [0.4, 0.5) is 0 Å². The van der Waals surface area contributed by atoms with Crippen LogP contribution >= 0.6 is 0 Å². The summed E-state index contributed by atoms with van der Waals surface area (Å²) in [7, 11) is 0. The standard InChI is InChI=1S/C5H6N2O/c1-2-5-3-6-4-7(5)8/h2-4,8H,1H2. The van der Waals surface area contributed by atoms with E-state index in [2.05, 4.69) is 11.6 Å². The first-order valence-corrected chi connectivity index (χ1v) is 2.18. The molecular formula is C5H6N2O. The highest BCUT2D eigenvalue weighted by Crippen LogP contribution is 1.94. The fourth-order valence-electron chi connectivity index (χ4n) is 0.445. The average molecular weight is 110 g/mol. The number of rotatable bonds is 1. The lowest BCUT2D eigenvalue weighted by molar-refractivity contribution is 0.184. The molecule has 0 saturated carbocycles. The van der Waals surface area contributed by atoms with Gasteiger partial charge in [0, 0.05) is 0 Å². The van der Waals surface area contributed by atoms with E-state index in [4.69, 9.17) is 5.21 Å². The van der Waals surface area contributed by atoms with E-state index in [-0.39, 0.29) is 0 Å². The van der Waals surface area contributed by atoms with Crippen LogP contribution in [0.3, 0.4) is 0 Å². The lowest BCUT2D eigenvalue weighted by Crippen LogP contribution is -1.87. The van der Waals surface area contributed by atoms with Crippen LogP contribution in [0.5, 0.6) is 0 Å². The molecule has 0 saturated heterocycles. The first kappa shape index (κ1) is 4.90. The zero-order valence-electron chi connectivity index (χ0n) is 4.28. The van der Waals surface area contributed by atoms with E-state index >= 15 is 0 Å². The Balaban J connectivity index is 3.09. The lowest BCUT2D eigenvalue weighted by Gasteiger charge is -1.87. The van der Waals surface area contributed by atoms with Crippen molar-refractivity contribution in [1.29, 1.82) is 0 Å². The van der Waals surface area contributed by atoms with Gasteiger partial charge in [-0.1, -0.05) is 6.58 Å². The molecule has 8 heavy (non-hydrogen) atoms. The highest BCUT2D eigenvalue weighted by molar-refractivity contribution is 5.39. The largest absolute Gasteiger partial charge is 0.427 e. The van der Waals surface area contributed by atoms with Crippen molar-refractivity contribution in [3.8, 4) is 0 Å². The van der Waals surface area contributed by atoms with Crippen LogP contribution < -0.4 is 0 Å². The van der Waals surface area contributed by atoms with E-state index in [0.717, 1.165) is 4.73 Å². The molecule has 1 aromatic rings. The van der Waals surface area contributed by atoms with Gasteiger partial charge in [0.05, 0.1) is 11.9 Å². The van der Waals surface area contributed by atoms with Crippen LogP contribution in [0.15, 0.2) is 19.1 Å². The van der Waals surface area contributed by atoms with Crippen LogP contribution in [-0.4, -0.2) is 14.9 Å². The molecule has 0 aliphatic heterocycles. The third-order valence-corrected chi connectivity index (χ3v) is 0.857. The smallest absolute Gasteiger partial charge is 0.132 e. The normalized spacial score (nSPS) is 9.00. The molecule has 0 radical (unpaired) electrons. The van der Waals surface area contributed by atoms with Crippen molar-refractivity contribution in [3.63, 3.8) is 0 Å². The summed E-state index contributed by atoms with van der Waals surface area (Å²) >= 11 is 0. The van der Waals surface area contributed by atoms with Crippen molar-refractivity contribution in [2.75, 3.05) is 0 Å². The summed E-state index contributed by atoms with van der Waals surface area (Å²) in [6.07, 6.45) is 4.34. The summed E-state index contributed by atoms with van der Waals surface area (Å²) < 4.78 is 0.910. The fourth-order valence-corrected chi connectivity index (χ4v) is 0.445. The number of hydrogen-bond acceptors (Lipinski definition) is 2. The van der Waals surface area contributed by atoms with Gasteiger partial charge >= 0.3 is 0 Å². The second-order valence-electron chi connectivity index (χ2n) is 1.37. The van der Waals surface area contributed by atoms with Gasteiger partial charge in [0.25, 0.3) is 0 Å². The summed E-state index contributed by atoms with van der Waals surface area (Å²) in [5.41, 5.74) is 0.602. The molecule has 0 fully saturated rings. The van der Waals surface area contributed by atoms with Gasteiger partial charge in [0.2, 0.25) is 0 Å². The third kappa shape index (κ3) is 0.578. The summed E-state index contributed by atoms with van der Waals surface area (Å²) in [5.74, 6) is 0. The van der Waals surface area contributed by atoms with Gasteiger partial charge in [-0.15, -0.1) is 0 Å². The first-order chi connectivity index (χ1) is 3.84. The second-order valence-corrected chi connectivity index (χ2v) is 1.37. The van der Waals surface area contributed by atoms with Crippen LogP contribution in [-0.2, 0) is 0 Å². The molecule has 0 aliphatic rings. The zero-order chi connectivity index (χ0) is 5.98. The molecular weight excluding hydrogens is 104 g/mol. The van der Waals surface area contributed by atoms with Crippen molar-refractivity contribution in [2.24, 2.45) is 0 Å². The minimum Gasteiger partial charge on any atom is -0.427 e. The van der Waals surface area contributed by atoms with Crippen molar-refractivity contribution >= 4 is 6.08 Å². The first-order valence-electron chi connectivity index (χ1n) is 2.18. The van der Waals surface area contributed by atoms with Crippen molar-refractivity contribution < 1.29 is 5.21 Å². The van der Waals surface area contributed by atoms with E-state index < -0.39 is 0 Å². The summed E-state index contributed by atoms with van der Waals surface area (Å²) in [4.78, 5) is 3.63. The Hall–Kier alpha value is -1.25. The molecule has 3 nitrogen and oxygen atoms in total. The Bertz CT molecular complexity index is 192. The predicted molar refractivity (Wildman–Crippen MR) is 29.5 cm³/mol. The van der Waals surface area contributed by atoms with E-state index in [9.17, 15) is 0 Å². The quantitative estimate of drug-likeness (QED) is 0.542. The molecule has 0 bridgehead atoms. The minimum atomic E-state index is 0.602. The van der Waals surface area contributed by atoms with E-state index in [0.29, 0.717) is 5.69 Å². The predicted octanol–water partition coefficient (Wildman–Crippen LogP) is 0.763. The Morgan fingerprint density at radius 2 is 2.62 bits per heavy atom. The molecule has 1 aromatic heterocycles. The van der Waals surface area contributed by atoms with Gasteiger partial charge in [0.15, 0.2) is 0 Å². The lowest BCUT2D eigenvalue weighted by atomic mass is 10.5. The molecule has 42 valence electrons. The van der Waals surface area contributed by atoms with E-state index in [1.165, 1.54) is 18.6 Å². The van der Waals surface area contributed by atoms with Gasteiger partial charge in [-0.3, -0.25) is 0 Å². The van der Waals surface area contributed by atoms with Crippen molar-refractivity contribution in [2.45, 2.75) is 0 Å². The van der Waals surface area contributed by atoms with Gasteiger partial charge in [-0.2, -0.15) is 4.73 Å². The Morgan fingerprint density at radius 1 is 1.88 bits per heavy atom. The Morgan fingerprint density at radius 3 is 2.88 bits per heavy atom. The van der Waals surface area contributed by atoms with Crippen LogP contribution in [0.2, 0.25) is 0 Å². The molecule has 0 aliphatic carbocycles. The van der Waals surface area contributed by atoms with Crippen molar-refractivity contribution in [1.82, 2.24) is 9.71 Å². The van der Waals surface area contributed by atoms with Gasteiger partial charge in [-0.05, 0) is 6.08 Å². The van der Waals surface area contributed by atoms with E-state index in [1.54, 1.807) is 0 Å². The molecule has 1 N–H and O–H groups in total. The Labute approximate surface area is 46.9 Å². The summed E-state index contributed by atoms with van der Waals surface area (Å²) in [5, 5.41) is 8.73.